The van der Waals surface area contributed by atoms with Crippen molar-refractivity contribution in [2.24, 2.45) is 0 Å². The van der Waals surface area contributed by atoms with Crippen LogP contribution >= 0.6 is 0 Å². The van der Waals surface area contributed by atoms with E-state index in [2.05, 4.69) is 34.3 Å². The minimum Gasteiger partial charge on any atom is -0.374 e. The minimum atomic E-state index is 0.305. The van der Waals surface area contributed by atoms with E-state index < -0.39 is 0 Å². The van der Waals surface area contributed by atoms with Gasteiger partial charge in [-0.05, 0) is 74.9 Å². The lowest BCUT2D eigenvalue weighted by Crippen LogP contribution is -2.21. The number of benzene rings is 1. The summed E-state index contributed by atoms with van der Waals surface area (Å²) in [6.45, 7) is 4.67. The molecule has 1 aromatic heterocycles. The molecular weight excluding hydrogens is 272 g/mol. The molecule has 0 saturated carbocycles. The van der Waals surface area contributed by atoms with Crippen molar-refractivity contribution in [3.8, 4) is 0 Å². The molecule has 3 heterocycles. The molecule has 2 fully saturated rings. The average molecular weight is 298 g/mol. The molecule has 1 atom stereocenters. The van der Waals surface area contributed by atoms with Crippen LogP contribution in [0.3, 0.4) is 0 Å². The standard InChI is InChI=1S/C19H26N2O/c1-4-12-22-19(5-1)15-6-7-18-17(13-15)16(14-20-18)8-11-21-9-2-3-10-21/h6-7,13-14,19-20H,1-5,8-12H2. The molecule has 1 aromatic carbocycles. The number of ether oxygens (including phenoxy) is 1. The van der Waals surface area contributed by atoms with Crippen LogP contribution < -0.4 is 0 Å². The van der Waals surface area contributed by atoms with Crippen LogP contribution in [-0.4, -0.2) is 36.1 Å². The molecule has 2 aromatic rings. The molecule has 2 aliphatic heterocycles. The fourth-order valence-corrected chi connectivity index (χ4v) is 3.89. The first-order chi connectivity index (χ1) is 10.9. The van der Waals surface area contributed by atoms with Gasteiger partial charge in [-0.1, -0.05) is 6.07 Å². The maximum absolute atomic E-state index is 5.95. The second-order valence-corrected chi connectivity index (χ2v) is 6.77. The van der Waals surface area contributed by atoms with Crippen molar-refractivity contribution in [3.05, 3.63) is 35.5 Å². The van der Waals surface area contributed by atoms with Gasteiger partial charge in [0.2, 0.25) is 0 Å². The van der Waals surface area contributed by atoms with Gasteiger partial charge < -0.3 is 14.6 Å². The first-order valence-electron chi connectivity index (χ1n) is 8.84. The van der Waals surface area contributed by atoms with Gasteiger partial charge in [0.1, 0.15) is 0 Å². The summed E-state index contributed by atoms with van der Waals surface area (Å²) in [7, 11) is 0. The first-order valence-corrected chi connectivity index (χ1v) is 8.84. The highest BCUT2D eigenvalue weighted by atomic mass is 16.5. The summed E-state index contributed by atoms with van der Waals surface area (Å²) in [6.07, 6.45) is 10.1. The van der Waals surface area contributed by atoms with Crippen LogP contribution in [0.15, 0.2) is 24.4 Å². The fraction of sp³-hybridized carbons (Fsp3) is 0.579. The molecule has 1 N–H and O–H groups in total. The van der Waals surface area contributed by atoms with Crippen molar-refractivity contribution in [3.63, 3.8) is 0 Å². The fourth-order valence-electron chi connectivity index (χ4n) is 3.89. The van der Waals surface area contributed by atoms with Crippen LogP contribution in [0.25, 0.3) is 10.9 Å². The molecule has 3 nitrogen and oxygen atoms in total. The van der Waals surface area contributed by atoms with E-state index >= 15 is 0 Å². The maximum Gasteiger partial charge on any atom is 0.0825 e. The number of nitrogens with zero attached hydrogens (tertiary/aromatic N) is 1. The summed E-state index contributed by atoms with van der Waals surface area (Å²) >= 11 is 0. The Morgan fingerprint density at radius 1 is 1.14 bits per heavy atom. The summed E-state index contributed by atoms with van der Waals surface area (Å²) in [5.41, 5.74) is 4.07. The van der Waals surface area contributed by atoms with E-state index in [1.54, 1.807) is 0 Å². The van der Waals surface area contributed by atoms with E-state index in [4.69, 9.17) is 4.74 Å². The van der Waals surface area contributed by atoms with Crippen molar-refractivity contribution in [1.82, 2.24) is 9.88 Å². The Balaban J connectivity index is 1.53. The molecular formula is C19H26N2O. The molecule has 4 rings (SSSR count). The second kappa shape index (κ2) is 6.43. The number of nitrogens with one attached hydrogen (secondary N) is 1. The van der Waals surface area contributed by atoms with Crippen molar-refractivity contribution in [2.75, 3.05) is 26.2 Å². The molecule has 0 spiro atoms. The molecule has 0 amide bonds. The van der Waals surface area contributed by atoms with Crippen LogP contribution in [0.5, 0.6) is 0 Å². The number of aromatic nitrogens is 1. The van der Waals surface area contributed by atoms with E-state index in [9.17, 15) is 0 Å². The van der Waals surface area contributed by atoms with Crippen LogP contribution in [0.4, 0.5) is 0 Å². The number of rotatable bonds is 4. The highest BCUT2D eigenvalue weighted by molar-refractivity contribution is 5.84. The molecule has 1 unspecified atom stereocenters. The Labute approximate surface area is 132 Å². The Hall–Kier alpha value is -1.32. The van der Waals surface area contributed by atoms with E-state index in [0.717, 1.165) is 13.0 Å². The number of aromatic amines is 1. The quantitative estimate of drug-likeness (QED) is 0.922. The van der Waals surface area contributed by atoms with Crippen molar-refractivity contribution in [2.45, 2.75) is 44.6 Å². The van der Waals surface area contributed by atoms with Gasteiger partial charge in [-0.3, -0.25) is 0 Å². The third-order valence-corrected chi connectivity index (χ3v) is 5.24. The molecule has 0 aliphatic carbocycles. The zero-order valence-corrected chi connectivity index (χ0v) is 13.3. The van der Waals surface area contributed by atoms with Gasteiger partial charge >= 0.3 is 0 Å². The normalized spacial score (nSPS) is 23.4. The Bertz CT molecular complexity index is 621. The summed E-state index contributed by atoms with van der Waals surface area (Å²) < 4.78 is 5.95. The molecule has 118 valence electrons. The largest absolute Gasteiger partial charge is 0.374 e. The summed E-state index contributed by atoms with van der Waals surface area (Å²) in [4.78, 5) is 6.02. The van der Waals surface area contributed by atoms with Crippen LogP contribution in [-0.2, 0) is 11.2 Å². The number of fused-ring (bicyclic) bond motifs is 1. The number of hydrogen-bond donors (Lipinski definition) is 1. The van der Waals surface area contributed by atoms with Crippen LogP contribution in [0.1, 0.15) is 49.3 Å². The van der Waals surface area contributed by atoms with Crippen LogP contribution in [0, 0.1) is 0 Å². The molecule has 2 saturated heterocycles. The van der Waals surface area contributed by atoms with Crippen molar-refractivity contribution < 1.29 is 4.74 Å². The Kier molecular flexibility index (Phi) is 4.17. The highest BCUT2D eigenvalue weighted by Gasteiger charge is 2.17. The second-order valence-electron chi connectivity index (χ2n) is 6.77. The summed E-state index contributed by atoms with van der Waals surface area (Å²) in [6, 6.07) is 6.82. The van der Waals surface area contributed by atoms with Gasteiger partial charge in [0, 0.05) is 30.3 Å². The smallest absolute Gasteiger partial charge is 0.0825 e. The van der Waals surface area contributed by atoms with Gasteiger partial charge in [0.05, 0.1) is 6.10 Å². The van der Waals surface area contributed by atoms with Crippen molar-refractivity contribution >= 4 is 10.9 Å². The average Bonchev–Trinajstić information content (AvgIpc) is 3.23. The summed E-state index contributed by atoms with van der Waals surface area (Å²) in [5.74, 6) is 0. The monoisotopic (exact) mass is 298 g/mol. The predicted octanol–water partition coefficient (Wildman–Crippen LogP) is 4.05. The predicted molar refractivity (Wildman–Crippen MR) is 90.2 cm³/mol. The minimum absolute atomic E-state index is 0.305. The van der Waals surface area contributed by atoms with Gasteiger partial charge in [-0.15, -0.1) is 0 Å². The van der Waals surface area contributed by atoms with E-state index in [-0.39, 0.29) is 0 Å². The molecule has 0 radical (unpaired) electrons. The molecule has 0 bridgehead atoms. The van der Waals surface area contributed by atoms with Gasteiger partial charge in [-0.25, -0.2) is 0 Å². The Morgan fingerprint density at radius 2 is 2.05 bits per heavy atom. The van der Waals surface area contributed by atoms with Crippen molar-refractivity contribution in [1.29, 1.82) is 0 Å². The molecule has 3 heteroatoms. The van der Waals surface area contributed by atoms with E-state index in [0.29, 0.717) is 6.10 Å². The lowest BCUT2D eigenvalue weighted by Gasteiger charge is -2.23. The first kappa shape index (κ1) is 14.3. The SMILES string of the molecule is c1cc2[nH]cc(CCN3CCCC3)c2cc1C1CCCCO1. The molecule has 22 heavy (non-hydrogen) atoms. The van der Waals surface area contributed by atoms with Gasteiger partial charge in [0.15, 0.2) is 0 Å². The number of hydrogen-bond acceptors (Lipinski definition) is 2. The van der Waals surface area contributed by atoms with Gasteiger partial charge in [-0.2, -0.15) is 0 Å². The zero-order valence-electron chi connectivity index (χ0n) is 13.3. The highest BCUT2D eigenvalue weighted by Crippen LogP contribution is 2.31. The molecule has 2 aliphatic rings. The third kappa shape index (κ3) is 2.92. The van der Waals surface area contributed by atoms with E-state index in [1.807, 2.05) is 0 Å². The summed E-state index contributed by atoms with van der Waals surface area (Å²) in [5, 5.41) is 1.39. The topological polar surface area (TPSA) is 28.3 Å². The Morgan fingerprint density at radius 3 is 2.86 bits per heavy atom. The zero-order chi connectivity index (χ0) is 14.8. The van der Waals surface area contributed by atoms with E-state index in [1.165, 1.54) is 73.8 Å². The lowest BCUT2D eigenvalue weighted by atomic mass is 9.99. The lowest BCUT2D eigenvalue weighted by molar-refractivity contribution is 0.0150. The number of H-pyrrole nitrogens is 1. The maximum atomic E-state index is 5.95. The van der Waals surface area contributed by atoms with Crippen LogP contribution in [0.2, 0.25) is 0 Å². The third-order valence-electron chi connectivity index (χ3n) is 5.24. The van der Waals surface area contributed by atoms with Gasteiger partial charge in [0.25, 0.3) is 0 Å². The number of likely N-dealkylation sites (tertiary alicyclic amines) is 1.